The highest BCUT2D eigenvalue weighted by Crippen LogP contribution is 2.33. The van der Waals surface area contributed by atoms with Gasteiger partial charge in [0.05, 0.1) is 16.2 Å². The molecular weight excluding hydrogens is 310 g/mol. The van der Waals surface area contributed by atoms with Crippen molar-refractivity contribution in [3.8, 4) is 0 Å². The van der Waals surface area contributed by atoms with Crippen molar-refractivity contribution in [2.24, 2.45) is 11.5 Å². The second-order valence-corrected chi connectivity index (χ2v) is 4.85. The van der Waals surface area contributed by atoms with Crippen molar-refractivity contribution in [2.75, 3.05) is 0 Å². The van der Waals surface area contributed by atoms with Crippen LogP contribution in [0.25, 0.3) is 0 Å². The number of nitrogens with two attached hydrogens (primary N) is 2. The lowest BCUT2D eigenvalue weighted by molar-refractivity contribution is 0.395. The maximum absolute atomic E-state index is 13.5. The van der Waals surface area contributed by atoms with Gasteiger partial charge >= 0.3 is 0 Å². The predicted octanol–water partition coefficient (Wildman–Crippen LogP) is 1.80. The average Bonchev–Trinajstić information content (AvgIpc) is 2.29. The Hall–Kier alpha value is -0.820. The minimum Gasteiger partial charge on any atom is -0.320 e. The number of rotatable bonds is 1. The summed E-state index contributed by atoms with van der Waals surface area (Å²) in [5.41, 5.74) is 11.0. The molecule has 4 N–H and O–H groups in total. The van der Waals surface area contributed by atoms with Gasteiger partial charge in [0.15, 0.2) is 0 Å². The molecule has 0 fully saturated rings. The van der Waals surface area contributed by atoms with Crippen LogP contribution in [0, 0.1) is 0 Å². The fourth-order valence-corrected chi connectivity index (χ4v) is 2.28. The Labute approximate surface area is 111 Å². The first-order valence-corrected chi connectivity index (χ1v) is 5.90. The summed E-state index contributed by atoms with van der Waals surface area (Å²) in [6, 6.07) is -1.00. The number of nitrogens with zero attached hydrogens (tertiary/aromatic N) is 2. The largest absolute Gasteiger partial charge is 0.320 e. The fourth-order valence-electron chi connectivity index (χ4n) is 1.61. The van der Waals surface area contributed by atoms with Crippen molar-refractivity contribution >= 4 is 27.5 Å². The molecule has 0 amide bonds. The van der Waals surface area contributed by atoms with Gasteiger partial charge < -0.3 is 11.5 Å². The van der Waals surface area contributed by atoms with E-state index in [4.69, 9.17) is 23.1 Å². The van der Waals surface area contributed by atoms with E-state index in [0.717, 1.165) is 0 Å². The minimum atomic E-state index is -1.25. The van der Waals surface area contributed by atoms with E-state index < -0.39 is 17.4 Å². The molecule has 1 aromatic rings. The summed E-state index contributed by atoms with van der Waals surface area (Å²) in [4.78, 5) is 7.80. The maximum Gasteiger partial charge on any atom is 0.222 e. The van der Waals surface area contributed by atoms with Crippen molar-refractivity contribution < 1.29 is 4.39 Å². The summed E-state index contributed by atoms with van der Waals surface area (Å²) < 4.78 is 14.0. The van der Waals surface area contributed by atoms with Crippen LogP contribution in [0.4, 0.5) is 4.39 Å². The minimum absolute atomic E-state index is 0.0311. The molecule has 0 radical (unpaired) electrons. The first-order chi connectivity index (χ1) is 7.95. The van der Waals surface area contributed by atoms with Crippen molar-refractivity contribution in [1.82, 2.24) is 9.97 Å². The molecule has 0 aliphatic heterocycles. The first kappa shape index (κ1) is 12.6. The molecule has 4 nitrogen and oxygen atoms in total. The van der Waals surface area contributed by atoms with Gasteiger partial charge in [-0.1, -0.05) is 12.2 Å². The second kappa shape index (κ2) is 4.45. The normalized spacial score (nSPS) is 28.1. The molecule has 2 atom stereocenters. The van der Waals surface area contributed by atoms with Gasteiger partial charge in [-0.3, -0.25) is 0 Å². The van der Waals surface area contributed by atoms with Crippen LogP contribution >= 0.6 is 27.5 Å². The van der Waals surface area contributed by atoms with E-state index in [1.165, 1.54) is 18.3 Å². The molecule has 1 aliphatic rings. The van der Waals surface area contributed by atoms with Gasteiger partial charge in [0.1, 0.15) is 11.4 Å². The summed E-state index contributed by atoms with van der Waals surface area (Å²) in [5.74, 6) is -0.503. The van der Waals surface area contributed by atoms with Crippen LogP contribution in [0.15, 0.2) is 34.7 Å². The smallest absolute Gasteiger partial charge is 0.222 e. The van der Waals surface area contributed by atoms with Crippen molar-refractivity contribution in [3.63, 3.8) is 0 Å². The Balaban J connectivity index is 2.56. The van der Waals surface area contributed by atoms with Gasteiger partial charge in [0.25, 0.3) is 0 Å². The van der Waals surface area contributed by atoms with Gasteiger partial charge in [-0.15, -0.1) is 0 Å². The summed E-state index contributed by atoms with van der Waals surface area (Å²) in [5, 5.41) is 0.0311. The number of hydrogen-bond acceptors (Lipinski definition) is 4. The Morgan fingerprint density at radius 3 is 2.94 bits per heavy atom. The van der Waals surface area contributed by atoms with E-state index in [2.05, 4.69) is 25.9 Å². The summed E-state index contributed by atoms with van der Waals surface area (Å²) in [6.45, 7) is 0. The van der Waals surface area contributed by atoms with Crippen LogP contribution in [0.2, 0.25) is 5.28 Å². The molecule has 0 bridgehead atoms. The van der Waals surface area contributed by atoms with E-state index in [-0.39, 0.29) is 5.28 Å². The van der Waals surface area contributed by atoms with E-state index in [9.17, 15) is 4.39 Å². The van der Waals surface area contributed by atoms with Crippen molar-refractivity contribution in [1.29, 1.82) is 0 Å². The molecule has 90 valence electrons. The van der Waals surface area contributed by atoms with Crippen LogP contribution in [-0.2, 0) is 5.54 Å². The Morgan fingerprint density at radius 2 is 2.24 bits per heavy atom. The van der Waals surface area contributed by atoms with Crippen LogP contribution in [-0.4, -0.2) is 16.0 Å². The number of aromatic nitrogens is 2. The summed E-state index contributed by atoms with van der Waals surface area (Å²) in [7, 11) is 0. The SMILES string of the molecule is NC1C(F)=CC=CC1(N)c1nc(Cl)ncc1Br. The van der Waals surface area contributed by atoms with Crippen molar-refractivity contribution in [2.45, 2.75) is 11.6 Å². The zero-order valence-electron chi connectivity index (χ0n) is 8.57. The lowest BCUT2D eigenvalue weighted by Gasteiger charge is -2.33. The molecule has 2 unspecified atom stereocenters. The highest BCUT2D eigenvalue weighted by atomic mass is 79.9. The van der Waals surface area contributed by atoms with Gasteiger partial charge in [0, 0.05) is 6.20 Å². The molecular formula is C10H9BrClFN4. The Bertz CT molecular complexity index is 519. The molecule has 0 aromatic carbocycles. The highest BCUT2D eigenvalue weighted by Gasteiger charge is 2.39. The third-order valence-corrected chi connectivity index (χ3v) is 3.33. The first-order valence-electron chi connectivity index (χ1n) is 4.73. The molecule has 1 heterocycles. The maximum atomic E-state index is 13.5. The average molecular weight is 320 g/mol. The molecule has 2 rings (SSSR count). The van der Waals surface area contributed by atoms with Crippen LogP contribution in [0.3, 0.4) is 0 Å². The monoisotopic (exact) mass is 318 g/mol. The third kappa shape index (κ3) is 2.13. The molecule has 1 aromatic heterocycles. The number of allylic oxidation sites excluding steroid dienone is 2. The van der Waals surface area contributed by atoms with Crippen LogP contribution in [0.5, 0.6) is 0 Å². The lowest BCUT2D eigenvalue weighted by atomic mass is 9.84. The molecule has 7 heteroatoms. The van der Waals surface area contributed by atoms with Crippen LogP contribution < -0.4 is 11.5 Å². The lowest BCUT2D eigenvalue weighted by Crippen LogP contribution is -2.53. The fraction of sp³-hybridized carbons (Fsp3) is 0.200. The molecule has 0 spiro atoms. The van der Waals surface area contributed by atoms with Gasteiger partial charge in [-0.2, -0.15) is 0 Å². The molecule has 17 heavy (non-hydrogen) atoms. The van der Waals surface area contributed by atoms with Crippen molar-refractivity contribution in [3.05, 3.63) is 45.7 Å². The quantitative estimate of drug-likeness (QED) is 0.774. The number of hydrogen-bond donors (Lipinski definition) is 2. The van der Waals surface area contributed by atoms with Gasteiger partial charge in [-0.25, -0.2) is 14.4 Å². The standard InChI is InChI=1S/C10H9BrClFN4/c11-5-4-16-9(12)17-8(5)10(15)3-1-2-6(13)7(10)14/h1-4,7H,14-15H2. The Morgan fingerprint density at radius 1 is 1.53 bits per heavy atom. The third-order valence-electron chi connectivity index (χ3n) is 2.56. The number of halogens is 3. The zero-order chi connectivity index (χ0) is 12.6. The zero-order valence-corrected chi connectivity index (χ0v) is 10.9. The second-order valence-electron chi connectivity index (χ2n) is 3.66. The molecule has 1 aliphatic carbocycles. The highest BCUT2D eigenvalue weighted by molar-refractivity contribution is 9.10. The molecule has 0 saturated heterocycles. The van der Waals surface area contributed by atoms with E-state index in [1.54, 1.807) is 6.08 Å². The summed E-state index contributed by atoms with van der Waals surface area (Å²) >= 11 is 8.96. The van der Waals surface area contributed by atoms with Crippen LogP contribution in [0.1, 0.15) is 5.69 Å². The summed E-state index contributed by atoms with van der Waals surface area (Å²) in [6.07, 6.45) is 5.81. The van der Waals surface area contributed by atoms with Gasteiger partial charge in [-0.05, 0) is 33.6 Å². The van der Waals surface area contributed by atoms with E-state index >= 15 is 0 Å². The van der Waals surface area contributed by atoms with Gasteiger partial charge in [0.2, 0.25) is 5.28 Å². The Kier molecular flexibility index (Phi) is 3.31. The topological polar surface area (TPSA) is 77.8 Å². The van der Waals surface area contributed by atoms with E-state index in [1.807, 2.05) is 0 Å². The predicted molar refractivity (Wildman–Crippen MR) is 66.9 cm³/mol. The van der Waals surface area contributed by atoms with E-state index in [0.29, 0.717) is 10.2 Å². The molecule has 0 saturated carbocycles.